The molecule has 2 heterocycles. The van der Waals surface area contributed by atoms with Crippen molar-refractivity contribution in [3.8, 4) is 0 Å². The van der Waals surface area contributed by atoms with Crippen LogP contribution in [-0.4, -0.2) is 142 Å². The minimum absolute atomic E-state index is 0.114. The Morgan fingerprint density at radius 2 is 0.811 bits per heavy atom. The van der Waals surface area contributed by atoms with Crippen molar-refractivity contribution in [1.29, 1.82) is 0 Å². The Bertz CT molecular complexity index is 1650. The molecule has 15 heteroatoms. The van der Waals surface area contributed by atoms with E-state index in [-0.39, 0.29) is 19.4 Å². The smallest absolute Gasteiger partial charge is 0.306 e. The van der Waals surface area contributed by atoms with Gasteiger partial charge in [-0.15, -0.1) is 0 Å². The van der Waals surface area contributed by atoms with Gasteiger partial charge in [-0.25, -0.2) is 0 Å². The predicted octanol–water partition coefficient (Wildman–Crippen LogP) is 8.93. The minimum atomic E-state index is -1.78. The number of aliphatic hydroxyl groups is 7. The first-order chi connectivity index (χ1) is 36.0. The van der Waals surface area contributed by atoms with Crippen molar-refractivity contribution in [2.45, 2.75) is 235 Å². The van der Waals surface area contributed by atoms with Crippen molar-refractivity contribution >= 4 is 11.9 Å². The van der Waals surface area contributed by atoms with Gasteiger partial charge >= 0.3 is 11.9 Å². The van der Waals surface area contributed by atoms with Crippen molar-refractivity contribution < 1.29 is 73.8 Å². The van der Waals surface area contributed by atoms with Crippen LogP contribution < -0.4 is 0 Å². The van der Waals surface area contributed by atoms with Gasteiger partial charge in [0, 0.05) is 12.8 Å². The monoisotopic (exact) mass is 1040 g/mol. The number of hydrogen-bond donors (Lipinski definition) is 7. The van der Waals surface area contributed by atoms with Crippen molar-refractivity contribution in [2.75, 3.05) is 26.4 Å². The minimum Gasteiger partial charge on any atom is -0.462 e. The Kier molecular flexibility index (Phi) is 40.0. The van der Waals surface area contributed by atoms with Crippen LogP contribution in [0.25, 0.3) is 0 Å². The SMILES string of the molecule is CCCCC/C=C/C/C=C/C/C=C/C/C=C/CCCCCC(=O)OC[C@@H](CO[C@@H]1O[C@H](CO[C@@H]2O[C@H](CO)[C@H](O)C(O)C2O)[C@H](O)C(O)C1O)OC(=O)CCCCC/C=C/C/C=C/C/C=C/C/C=C/CCCCC. The van der Waals surface area contributed by atoms with Crippen LogP contribution in [0.15, 0.2) is 97.2 Å². The lowest BCUT2D eigenvalue weighted by atomic mass is 9.98. The third-order valence-electron chi connectivity index (χ3n) is 12.5. The van der Waals surface area contributed by atoms with Crippen LogP contribution in [-0.2, 0) is 38.0 Å². The Hall–Kier alpha value is -3.58. The van der Waals surface area contributed by atoms with Gasteiger partial charge in [-0.3, -0.25) is 9.59 Å². The number of carbonyl (C=O) groups excluding carboxylic acids is 2. The molecule has 74 heavy (non-hydrogen) atoms. The molecule has 2 aliphatic rings. The van der Waals surface area contributed by atoms with E-state index in [0.717, 1.165) is 89.9 Å². The molecule has 0 aromatic carbocycles. The first kappa shape index (κ1) is 66.5. The van der Waals surface area contributed by atoms with E-state index >= 15 is 0 Å². The van der Waals surface area contributed by atoms with Crippen molar-refractivity contribution in [3.63, 3.8) is 0 Å². The summed E-state index contributed by atoms with van der Waals surface area (Å²) in [6.07, 6.45) is 39.9. The van der Waals surface area contributed by atoms with Gasteiger partial charge in [-0.2, -0.15) is 0 Å². The highest BCUT2D eigenvalue weighted by Crippen LogP contribution is 2.26. The van der Waals surface area contributed by atoms with Crippen LogP contribution in [0.5, 0.6) is 0 Å². The summed E-state index contributed by atoms with van der Waals surface area (Å²) in [7, 11) is 0. The second kappa shape index (κ2) is 44.5. The molecule has 4 unspecified atom stereocenters. The zero-order chi connectivity index (χ0) is 53.9. The van der Waals surface area contributed by atoms with Crippen LogP contribution in [0, 0.1) is 0 Å². The second-order valence-corrected chi connectivity index (χ2v) is 19.0. The summed E-state index contributed by atoms with van der Waals surface area (Å²) in [5.41, 5.74) is 0. The van der Waals surface area contributed by atoms with Crippen LogP contribution in [0.4, 0.5) is 0 Å². The van der Waals surface area contributed by atoms with Gasteiger partial charge < -0.3 is 64.2 Å². The molecule has 2 fully saturated rings. The fourth-order valence-corrected chi connectivity index (χ4v) is 7.95. The van der Waals surface area contributed by atoms with Crippen LogP contribution in [0.3, 0.4) is 0 Å². The van der Waals surface area contributed by atoms with Crippen molar-refractivity contribution in [3.05, 3.63) is 97.2 Å². The summed E-state index contributed by atoms with van der Waals surface area (Å²) in [5.74, 6) is -1.01. The quantitative estimate of drug-likeness (QED) is 0.0172. The molecule has 0 aliphatic carbocycles. The third kappa shape index (κ3) is 31.5. The molecule has 7 N–H and O–H groups in total. The summed E-state index contributed by atoms with van der Waals surface area (Å²) in [5, 5.41) is 72.2. The molecular formula is C59H96O15. The Balaban J connectivity index is 1.82. The number of ether oxygens (including phenoxy) is 6. The molecule has 0 spiro atoms. The van der Waals surface area contributed by atoms with E-state index in [1.54, 1.807) is 0 Å². The maximum atomic E-state index is 13.0. The number of aliphatic hydroxyl groups excluding tert-OH is 7. The fraction of sp³-hybridized carbons (Fsp3) is 0.695. The molecule has 0 radical (unpaired) electrons. The number of carbonyl (C=O) groups is 2. The molecule has 15 nitrogen and oxygen atoms in total. The summed E-state index contributed by atoms with van der Waals surface area (Å²) in [6, 6.07) is 0. The molecule has 2 rings (SSSR count). The van der Waals surface area contributed by atoms with Gasteiger partial charge in [0.15, 0.2) is 18.7 Å². The molecule has 0 saturated carbocycles. The molecule has 2 aliphatic heterocycles. The number of hydrogen-bond acceptors (Lipinski definition) is 15. The van der Waals surface area contributed by atoms with Crippen LogP contribution in [0.1, 0.15) is 168 Å². The standard InChI is InChI=1S/C59H96O15/c1-3-5-7-9-11-13-15-17-19-21-23-25-27-29-31-33-35-37-39-41-50(61)69-44-47(72-51(62)42-40-38-36-34-32-30-28-26-24-22-20-18-16-14-12-10-8-6-4-2)45-70-58-57(68)55(66)53(64)49(74-58)46-71-59-56(67)54(65)52(63)48(43-60)73-59/h11-14,17-20,23-26,29-32,47-49,52-60,63-68H,3-10,15-16,21-22,27-28,33-46H2,1-2H3/b13-11+,14-12+,19-17+,20-18+,25-23+,26-24+,31-29+,32-30+/t47-,48+,49+,52-,53-,54?,55?,56?,57?,58+,59+/m0/s1. The van der Waals surface area contributed by atoms with Crippen LogP contribution in [0.2, 0.25) is 0 Å². The van der Waals surface area contributed by atoms with E-state index in [2.05, 4.69) is 111 Å². The highest BCUT2D eigenvalue weighted by atomic mass is 16.7. The largest absolute Gasteiger partial charge is 0.462 e. The van der Waals surface area contributed by atoms with E-state index in [1.807, 2.05) is 0 Å². The van der Waals surface area contributed by atoms with Gasteiger partial charge in [0.1, 0.15) is 55.4 Å². The number of esters is 2. The summed E-state index contributed by atoms with van der Waals surface area (Å²) < 4.78 is 33.6. The maximum Gasteiger partial charge on any atom is 0.306 e. The topological polar surface area (TPSA) is 231 Å². The lowest BCUT2D eigenvalue weighted by Crippen LogP contribution is -2.61. The predicted molar refractivity (Wildman–Crippen MR) is 288 cm³/mol. The average Bonchev–Trinajstić information content (AvgIpc) is 3.39. The lowest BCUT2D eigenvalue weighted by molar-refractivity contribution is -0.332. The number of rotatable bonds is 42. The zero-order valence-corrected chi connectivity index (χ0v) is 44.8. The van der Waals surface area contributed by atoms with Crippen molar-refractivity contribution in [1.82, 2.24) is 0 Å². The van der Waals surface area contributed by atoms with E-state index in [9.17, 15) is 45.3 Å². The molecule has 0 bridgehead atoms. The first-order valence-corrected chi connectivity index (χ1v) is 27.8. The molecule has 2 saturated heterocycles. The molecular weight excluding hydrogens is 949 g/mol. The zero-order valence-electron chi connectivity index (χ0n) is 44.8. The Labute approximate surface area is 443 Å². The normalized spacial score (nSPS) is 25.4. The average molecular weight is 1050 g/mol. The van der Waals surface area contributed by atoms with E-state index in [0.29, 0.717) is 12.8 Å². The highest BCUT2D eigenvalue weighted by Gasteiger charge is 2.47. The lowest BCUT2D eigenvalue weighted by Gasteiger charge is -2.42. The molecule has 422 valence electrons. The Morgan fingerprint density at radius 3 is 1.24 bits per heavy atom. The van der Waals surface area contributed by atoms with E-state index < -0.39 is 99.3 Å². The maximum absolute atomic E-state index is 13.0. The molecule has 0 aromatic heterocycles. The molecule has 0 aromatic rings. The second-order valence-electron chi connectivity index (χ2n) is 19.0. The first-order valence-electron chi connectivity index (χ1n) is 27.8. The number of unbranched alkanes of at least 4 members (excludes halogenated alkanes) is 12. The summed E-state index contributed by atoms with van der Waals surface area (Å²) in [6.45, 7) is 2.45. The number of allylic oxidation sites excluding steroid dienone is 16. The molecule has 0 amide bonds. The fourth-order valence-electron chi connectivity index (χ4n) is 7.95. The van der Waals surface area contributed by atoms with Gasteiger partial charge in [-0.05, 0) is 103 Å². The van der Waals surface area contributed by atoms with E-state index in [1.165, 1.54) is 38.5 Å². The summed E-state index contributed by atoms with van der Waals surface area (Å²) >= 11 is 0. The third-order valence-corrected chi connectivity index (χ3v) is 12.5. The summed E-state index contributed by atoms with van der Waals surface area (Å²) in [4.78, 5) is 25.8. The Morgan fingerprint density at radius 1 is 0.432 bits per heavy atom. The van der Waals surface area contributed by atoms with Gasteiger partial charge in [0.2, 0.25) is 0 Å². The van der Waals surface area contributed by atoms with Gasteiger partial charge in [0.25, 0.3) is 0 Å². The van der Waals surface area contributed by atoms with Crippen LogP contribution >= 0.6 is 0 Å². The van der Waals surface area contributed by atoms with Gasteiger partial charge in [-0.1, -0.05) is 150 Å². The highest BCUT2D eigenvalue weighted by molar-refractivity contribution is 5.70. The molecule has 11 atom stereocenters. The van der Waals surface area contributed by atoms with E-state index in [4.69, 9.17) is 28.4 Å². The van der Waals surface area contributed by atoms with Crippen molar-refractivity contribution in [2.24, 2.45) is 0 Å². The van der Waals surface area contributed by atoms with Gasteiger partial charge in [0.05, 0.1) is 19.8 Å².